The minimum absolute atomic E-state index is 0.303. The Balaban J connectivity index is 2.03. The zero-order valence-electron chi connectivity index (χ0n) is 11.3. The van der Waals surface area contributed by atoms with E-state index in [0.29, 0.717) is 37.8 Å². The smallest absolute Gasteiger partial charge is 0.0897 e. The Morgan fingerprint density at radius 2 is 2.12 bits per heavy atom. The highest BCUT2D eigenvalue weighted by Crippen LogP contribution is 2.15. The van der Waals surface area contributed by atoms with E-state index in [-0.39, 0.29) is 0 Å². The molecule has 102 valence electrons. The quantitative estimate of drug-likeness (QED) is 0.674. The van der Waals surface area contributed by atoms with Crippen molar-refractivity contribution >= 4 is 0 Å². The summed E-state index contributed by atoms with van der Waals surface area (Å²) in [5, 5.41) is 13.0. The van der Waals surface area contributed by atoms with Gasteiger partial charge in [-0.3, -0.25) is 0 Å². The van der Waals surface area contributed by atoms with Crippen LogP contribution in [0.25, 0.3) is 0 Å². The summed E-state index contributed by atoms with van der Waals surface area (Å²) in [4.78, 5) is 0. The molecule has 0 aromatic rings. The Morgan fingerprint density at radius 1 is 1.35 bits per heavy atom. The number of aliphatic hydroxyl groups excluding tert-OH is 1. The molecule has 2 N–H and O–H groups in total. The molecule has 0 spiro atoms. The molecule has 4 nitrogen and oxygen atoms in total. The predicted molar refractivity (Wildman–Crippen MR) is 68.1 cm³/mol. The highest BCUT2D eigenvalue weighted by atomic mass is 16.5. The lowest BCUT2D eigenvalue weighted by Gasteiger charge is -2.22. The van der Waals surface area contributed by atoms with Crippen molar-refractivity contribution in [2.75, 3.05) is 26.4 Å². The summed E-state index contributed by atoms with van der Waals surface area (Å²) in [5.41, 5.74) is 0. The van der Waals surface area contributed by atoms with Crippen molar-refractivity contribution in [3.05, 3.63) is 0 Å². The molecule has 0 bridgehead atoms. The largest absolute Gasteiger partial charge is 0.389 e. The van der Waals surface area contributed by atoms with Crippen LogP contribution in [0.3, 0.4) is 0 Å². The molecule has 1 fully saturated rings. The van der Waals surface area contributed by atoms with Crippen LogP contribution in [0.1, 0.15) is 33.6 Å². The molecule has 1 aliphatic rings. The Kier molecular flexibility index (Phi) is 7.04. The van der Waals surface area contributed by atoms with Gasteiger partial charge in [0.15, 0.2) is 0 Å². The van der Waals surface area contributed by atoms with Crippen molar-refractivity contribution in [3.63, 3.8) is 0 Å². The summed E-state index contributed by atoms with van der Waals surface area (Å²) >= 11 is 0. The number of hydrogen-bond donors (Lipinski definition) is 2. The van der Waals surface area contributed by atoms with Gasteiger partial charge in [0.25, 0.3) is 0 Å². The van der Waals surface area contributed by atoms with Crippen LogP contribution in [-0.2, 0) is 9.47 Å². The maximum absolute atomic E-state index is 9.73. The lowest BCUT2D eigenvalue weighted by molar-refractivity contribution is 0.0203. The first-order valence-corrected chi connectivity index (χ1v) is 6.70. The van der Waals surface area contributed by atoms with Crippen LogP contribution in [0.4, 0.5) is 0 Å². The highest BCUT2D eigenvalue weighted by molar-refractivity contribution is 4.77. The lowest BCUT2D eigenvalue weighted by Crippen LogP contribution is -2.42. The minimum atomic E-state index is -0.433. The van der Waals surface area contributed by atoms with Gasteiger partial charge in [0.05, 0.1) is 18.8 Å². The van der Waals surface area contributed by atoms with Gasteiger partial charge in [-0.1, -0.05) is 13.8 Å². The second-order valence-corrected chi connectivity index (χ2v) is 5.33. The third kappa shape index (κ3) is 6.36. The van der Waals surface area contributed by atoms with Gasteiger partial charge in [0.2, 0.25) is 0 Å². The van der Waals surface area contributed by atoms with Gasteiger partial charge in [0.1, 0.15) is 0 Å². The number of nitrogens with one attached hydrogen (secondary N) is 1. The first-order valence-electron chi connectivity index (χ1n) is 6.70. The van der Waals surface area contributed by atoms with Gasteiger partial charge in [-0.25, -0.2) is 0 Å². The number of hydrogen-bond acceptors (Lipinski definition) is 4. The van der Waals surface area contributed by atoms with Crippen molar-refractivity contribution in [3.8, 4) is 0 Å². The summed E-state index contributed by atoms with van der Waals surface area (Å²) in [5.74, 6) is 0.515. The number of aliphatic hydroxyl groups is 1. The van der Waals surface area contributed by atoms with Gasteiger partial charge in [-0.05, 0) is 25.7 Å². The molecular formula is C13H27NO3. The van der Waals surface area contributed by atoms with Gasteiger partial charge in [0, 0.05) is 25.8 Å². The van der Waals surface area contributed by atoms with E-state index in [0.717, 1.165) is 19.4 Å². The molecule has 1 saturated heterocycles. The molecule has 3 unspecified atom stereocenters. The molecule has 1 rings (SSSR count). The fraction of sp³-hybridized carbons (Fsp3) is 1.00. The molecule has 0 aliphatic carbocycles. The molecular weight excluding hydrogens is 218 g/mol. The second-order valence-electron chi connectivity index (χ2n) is 5.33. The van der Waals surface area contributed by atoms with E-state index in [4.69, 9.17) is 9.47 Å². The average Bonchev–Trinajstić information content (AvgIpc) is 2.78. The standard InChI is InChI=1S/C13H27NO3/c1-10(2)8-16-9-12(15)7-14-11(3)13-5-4-6-17-13/h10-15H,4-9H2,1-3H3. The van der Waals surface area contributed by atoms with Gasteiger partial charge < -0.3 is 19.9 Å². The predicted octanol–water partition coefficient (Wildman–Crippen LogP) is 1.18. The molecule has 0 aromatic heterocycles. The van der Waals surface area contributed by atoms with E-state index >= 15 is 0 Å². The van der Waals surface area contributed by atoms with Crippen LogP contribution in [-0.4, -0.2) is 49.7 Å². The average molecular weight is 245 g/mol. The third-order valence-electron chi connectivity index (χ3n) is 2.96. The van der Waals surface area contributed by atoms with Crippen LogP contribution in [0.5, 0.6) is 0 Å². The zero-order chi connectivity index (χ0) is 12.7. The summed E-state index contributed by atoms with van der Waals surface area (Å²) < 4.78 is 11.0. The highest BCUT2D eigenvalue weighted by Gasteiger charge is 2.22. The normalized spacial score (nSPS) is 24.2. The van der Waals surface area contributed by atoms with Crippen LogP contribution in [0, 0.1) is 5.92 Å². The second kappa shape index (κ2) is 8.03. The SMILES string of the molecule is CC(C)COCC(O)CNC(C)C1CCCO1. The molecule has 0 aromatic carbocycles. The maximum atomic E-state index is 9.73. The van der Waals surface area contributed by atoms with E-state index in [1.807, 2.05) is 0 Å². The summed E-state index contributed by atoms with van der Waals surface area (Å²) in [6.07, 6.45) is 2.14. The topological polar surface area (TPSA) is 50.7 Å². The molecule has 1 heterocycles. The van der Waals surface area contributed by atoms with Crippen LogP contribution in [0.2, 0.25) is 0 Å². The molecule has 1 aliphatic heterocycles. The van der Waals surface area contributed by atoms with E-state index < -0.39 is 6.10 Å². The monoisotopic (exact) mass is 245 g/mol. The zero-order valence-corrected chi connectivity index (χ0v) is 11.3. The summed E-state index contributed by atoms with van der Waals surface area (Å²) in [6, 6.07) is 0.303. The van der Waals surface area contributed by atoms with Gasteiger partial charge >= 0.3 is 0 Å². The Labute approximate surface area is 105 Å². The van der Waals surface area contributed by atoms with Crippen LogP contribution < -0.4 is 5.32 Å². The summed E-state index contributed by atoms with van der Waals surface area (Å²) in [7, 11) is 0. The number of ether oxygens (including phenoxy) is 2. The first kappa shape index (κ1) is 14.9. The maximum Gasteiger partial charge on any atom is 0.0897 e. The van der Waals surface area contributed by atoms with E-state index in [2.05, 4.69) is 26.1 Å². The van der Waals surface area contributed by atoms with E-state index in [1.165, 1.54) is 0 Å². The van der Waals surface area contributed by atoms with E-state index in [1.54, 1.807) is 0 Å². The molecule has 0 amide bonds. The molecule has 0 radical (unpaired) electrons. The fourth-order valence-corrected chi connectivity index (χ4v) is 1.95. The molecule has 17 heavy (non-hydrogen) atoms. The molecule has 0 saturated carbocycles. The lowest BCUT2D eigenvalue weighted by atomic mass is 10.1. The Morgan fingerprint density at radius 3 is 2.71 bits per heavy atom. The van der Waals surface area contributed by atoms with E-state index in [9.17, 15) is 5.11 Å². The van der Waals surface area contributed by atoms with Gasteiger partial charge in [-0.2, -0.15) is 0 Å². The van der Waals surface area contributed by atoms with Crippen LogP contribution >= 0.6 is 0 Å². The van der Waals surface area contributed by atoms with Crippen molar-refractivity contribution in [1.82, 2.24) is 5.32 Å². The Hall–Kier alpha value is -0.160. The summed E-state index contributed by atoms with van der Waals surface area (Å²) in [6.45, 7) is 8.86. The van der Waals surface area contributed by atoms with Crippen molar-refractivity contribution in [2.24, 2.45) is 5.92 Å². The van der Waals surface area contributed by atoms with Crippen molar-refractivity contribution < 1.29 is 14.6 Å². The van der Waals surface area contributed by atoms with Crippen LogP contribution in [0.15, 0.2) is 0 Å². The minimum Gasteiger partial charge on any atom is -0.389 e. The number of rotatable bonds is 8. The molecule has 3 atom stereocenters. The van der Waals surface area contributed by atoms with Crippen molar-refractivity contribution in [2.45, 2.75) is 51.9 Å². The van der Waals surface area contributed by atoms with Gasteiger partial charge in [-0.15, -0.1) is 0 Å². The third-order valence-corrected chi connectivity index (χ3v) is 2.96. The van der Waals surface area contributed by atoms with Crippen molar-refractivity contribution in [1.29, 1.82) is 0 Å². The fourth-order valence-electron chi connectivity index (χ4n) is 1.95. The Bertz CT molecular complexity index is 193. The first-order chi connectivity index (χ1) is 8.09. The molecule has 4 heteroatoms.